The van der Waals surface area contributed by atoms with Gasteiger partial charge in [0.15, 0.2) is 0 Å². The first-order valence-electron chi connectivity index (χ1n) is 8.23. The molecule has 2 amide bonds. The molecule has 0 aliphatic rings. The van der Waals surface area contributed by atoms with Crippen LogP contribution in [0.15, 0.2) is 48.5 Å². The van der Waals surface area contributed by atoms with Gasteiger partial charge in [-0.05, 0) is 57.2 Å². The molecule has 2 aromatic carbocycles. The van der Waals surface area contributed by atoms with E-state index < -0.39 is 17.2 Å². The average molecular weight is 351 g/mol. The lowest BCUT2D eigenvalue weighted by Crippen LogP contribution is -2.41. The lowest BCUT2D eigenvalue weighted by atomic mass is 9.90. The molecule has 26 heavy (non-hydrogen) atoms. The summed E-state index contributed by atoms with van der Waals surface area (Å²) in [5.41, 5.74) is 0.212. The summed E-state index contributed by atoms with van der Waals surface area (Å²) in [7, 11) is 0. The zero-order valence-corrected chi connectivity index (χ0v) is 15.0. The molecule has 0 radical (unpaired) electrons. The Kier molecular flexibility index (Phi) is 5.97. The number of hydrogen-bond donors (Lipinski definition) is 2. The average Bonchev–Trinajstić information content (AvgIpc) is 2.64. The van der Waals surface area contributed by atoms with Crippen LogP contribution < -0.4 is 15.4 Å². The van der Waals surface area contributed by atoms with E-state index in [1.165, 1.54) is 0 Å². The molecule has 0 aromatic heterocycles. The van der Waals surface area contributed by atoms with Crippen LogP contribution in [-0.4, -0.2) is 18.4 Å². The highest BCUT2D eigenvalue weighted by Crippen LogP contribution is 2.27. The summed E-state index contributed by atoms with van der Waals surface area (Å²) in [6.07, 6.45) is 0. The maximum absolute atomic E-state index is 12.7. The van der Waals surface area contributed by atoms with Crippen LogP contribution in [0.1, 0.15) is 26.3 Å². The molecule has 0 saturated carbocycles. The van der Waals surface area contributed by atoms with Crippen molar-refractivity contribution in [2.75, 3.05) is 17.2 Å². The van der Waals surface area contributed by atoms with Crippen LogP contribution in [-0.2, 0) is 9.59 Å². The van der Waals surface area contributed by atoms with Crippen molar-refractivity contribution in [2.45, 2.75) is 20.8 Å². The zero-order valence-electron chi connectivity index (χ0n) is 15.0. The largest absolute Gasteiger partial charge is 0.492 e. The highest BCUT2D eigenvalue weighted by atomic mass is 16.5. The molecule has 0 unspecified atom stereocenters. The molecule has 0 spiro atoms. The number of anilines is 2. The van der Waals surface area contributed by atoms with Gasteiger partial charge < -0.3 is 15.4 Å². The van der Waals surface area contributed by atoms with Crippen LogP contribution in [0.2, 0.25) is 0 Å². The van der Waals surface area contributed by atoms with Crippen molar-refractivity contribution < 1.29 is 14.3 Å². The number of nitrogens with zero attached hydrogens (tertiary/aromatic N) is 1. The summed E-state index contributed by atoms with van der Waals surface area (Å²) in [6, 6.07) is 15.5. The van der Waals surface area contributed by atoms with Crippen molar-refractivity contribution in [3.8, 4) is 11.8 Å². The Balaban J connectivity index is 2.11. The van der Waals surface area contributed by atoms with Crippen LogP contribution >= 0.6 is 0 Å². The van der Waals surface area contributed by atoms with Crippen LogP contribution in [0.4, 0.5) is 11.4 Å². The fourth-order valence-electron chi connectivity index (χ4n) is 2.15. The van der Waals surface area contributed by atoms with E-state index >= 15 is 0 Å². The second kappa shape index (κ2) is 8.17. The zero-order chi connectivity index (χ0) is 19.2. The van der Waals surface area contributed by atoms with Gasteiger partial charge in [0.25, 0.3) is 0 Å². The molecule has 0 fully saturated rings. The number of carbonyl (C=O) groups is 2. The van der Waals surface area contributed by atoms with Crippen molar-refractivity contribution in [1.29, 1.82) is 5.26 Å². The minimum atomic E-state index is -1.31. The minimum Gasteiger partial charge on any atom is -0.492 e. The summed E-state index contributed by atoms with van der Waals surface area (Å²) in [4.78, 5) is 25.2. The Labute approximate surface area is 152 Å². The minimum absolute atomic E-state index is 0.448. The summed E-state index contributed by atoms with van der Waals surface area (Å²) in [6.45, 7) is 5.41. The highest BCUT2D eigenvalue weighted by Gasteiger charge is 2.36. The van der Waals surface area contributed by atoms with E-state index in [1.54, 1.807) is 56.3 Å². The lowest BCUT2D eigenvalue weighted by molar-refractivity contribution is -0.135. The quantitative estimate of drug-likeness (QED) is 0.779. The van der Waals surface area contributed by atoms with Crippen molar-refractivity contribution in [1.82, 2.24) is 0 Å². The van der Waals surface area contributed by atoms with Crippen LogP contribution in [0, 0.1) is 16.7 Å². The first-order chi connectivity index (χ1) is 12.4. The maximum atomic E-state index is 12.7. The summed E-state index contributed by atoms with van der Waals surface area (Å²) in [5.74, 6) is -0.351. The molecular weight excluding hydrogens is 330 g/mol. The maximum Gasteiger partial charge on any atom is 0.239 e. The summed E-state index contributed by atoms with van der Waals surface area (Å²) < 4.78 is 5.49. The number of rotatable bonds is 6. The summed E-state index contributed by atoms with van der Waals surface area (Å²) >= 11 is 0. The molecule has 0 aliphatic heterocycles. The normalized spacial score (nSPS) is 10.5. The third-order valence-electron chi connectivity index (χ3n) is 3.84. The van der Waals surface area contributed by atoms with Gasteiger partial charge in [-0.3, -0.25) is 9.59 Å². The van der Waals surface area contributed by atoms with Crippen molar-refractivity contribution >= 4 is 23.2 Å². The molecule has 134 valence electrons. The van der Waals surface area contributed by atoms with E-state index in [0.717, 1.165) is 0 Å². The van der Waals surface area contributed by atoms with E-state index in [2.05, 4.69) is 10.6 Å². The number of nitrogens with one attached hydrogen (secondary N) is 2. The Bertz CT molecular complexity index is 836. The number of hydrogen-bond acceptors (Lipinski definition) is 4. The van der Waals surface area contributed by atoms with E-state index in [-0.39, 0.29) is 0 Å². The molecule has 6 heteroatoms. The molecule has 0 bridgehead atoms. The smallest absolute Gasteiger partial charge is 0.239 e. The molecule has 0 heterocycles. The fourth-order valence-corrected chi connectivity index (χ4v) is 2.15. The molecule has 6 nitrogen and oxygen atoms in total. The van der Waals surface area contributed by atoms with Gasteiger partial charge >= 0.3 is 0 Å². The number of benzene rings is 2. The molecule has 0 saturated heterocycles. The number of nitriles is 1. The highest BCUT2D eigenvalue weighted by molar-refractivity contribution is 6.14. The molecule has 0 aliphatic carbocycles. The van der Waals surface area contributed by atoms with Gasteiger partial charge in [-0.15, -0.1) is 0 Å². The second-order valence-corrected chi connectivity index (χ2v) is 6.15. The van der Waals surface area contributed by atoms with Crippen molar-refractivity contribution in [3.63, 3.8) is 0 Å². The first-order valence-corrected chi connectivity index (χ1v) is 8.23. The molecule has 2 N–H and O–H groups in total. The van der Waals surface area contributed by atoms with Gasteiger partial charge in [0.05, 0.1) is 23.9 Å². The Morgan fingerprint density at radius 3 is 2.27 bits per heavy atom. The van der Waals surface area contributed by atoms with Gasteiger partial charge in [0.1, 0.15) is 11.2 Å². The van der Waals surface area contributed by atoms with Gasteiger partial charge in [-0.2, -0.15) is 5.26 Å². The van der Waals surface area contributed by atoms with E-state index in [1.807, 2.05) is 19.1 Å². The molecular formula is C20H21N3O3. The standard InChI is InChI=1S/C20H21N3O3/c1-4-26-17-8-6-5-7-16(17)23-19(25)20(2,3)18(24)22-15-11-9-14(13-21)10-12-15/h5-12H,4H2,1-3H3,(H,22,24)(H,23,25). The van der Waals surface area contributed by atoms with E-state index in [4.69, 9.17) is 10.00 Å². The molecule has 0 atom stereocenters. The number of para-hydroxylation sites is 2. The number of carbonyl (C=O) groups excluding carboxylic acids is 2. The molecule has 2 aromatic rings. The van der Waals surface area contributed by atoms with Crippen molar-refractivity contribution in [2.24, 2.45) is 5.41 Å². The van der Waals surface area contributed by atoms with Gasteiger partial charge in [-0.25, -0.2) is 0 Å². The summed E-state index contributed by atoms with van der Waals surface area (Å²) in [5, 5.41) is 14.3. The van der Waals surface area contributed by atoms with Gasteiger partial charge in [0, 0.05) is 5.69 Å². The SMILES string of the molecule is CCOc1ccccc1NC(=O)C(C)(C)C(=O)Nc1ccc(C#N)cc1. The first kappa shape index (κ1) is 19.0. The molecule has 2 rings (SSSR count). The second-order valence-electron chi connectivity index (χ2n) is 6.15. The third kappa shape index (κ3) is 4.39. The van der Waals surface area contributed by atoms with E-state index in [0.29, 0.717) is 29.3 Å². The van der Waals surface area contributed by atoms with E-state index in [9.17, 15) is 9.59 Å². The third-order valence-corrected chi connectivity index (χ3v) is 3.84. The van der Waals surface area contributed by atoms with Crippen molar-refractivity contribution in [3.05, 3.63) is 54.1 Å². The van der Waals surface area contributed by atoms with Crippen LogP contribution in [0.5, 0.6) is 5.75 Å². The topological polar surface area (TPSA) is 91.2 Å². The number of ether oxygens (including phenoxy) is 1. The fraction of sp³-hybridized carbons (Fsp3) is 0.250. The lowest BCUT2D eigenvalue weighted by Gasteiger charge is -2.23. The monoisotopic (exact) mass is 351 g/mol. The Morgan fingerprint density at radius 1 is 1.04 bits per heavy atom. The van der Waals surface area contributed by atoms with Gasteiger partial charge in [-0.1, -0.05) is 12.1 Å². The van der Waals surface area contributed by atoms with Crippen LogP contribution in [0.25, 0.3) is 0 Å². The number of amides is 2. The Morgan fingerprint density at radius 2 is 1.65 bits per heavy atom. The Hall–Kier alpha value is -3.33. The van der Waals surface area contributed by atoms with Gasteiger partial charge in [0.2, 0.25) is 11.8 Å². The predicted molar refractivity (Wildman–Crippen MR) is 99.8 cm³/mol. The predicted octanol–water partition coefficient (Wildman–Crippen LogP) is 3.56. The van der Waals surface area contributed by atoms with Crippen LogP contribution in [0.3, 0.4) is 0 Å².